The molecule has 0 saturated carbocycles. The van der Waals surface area contributed by atoms with Crippen molar-refractivity contribution in [1.82, 2.24) is 4.90 Å². The Hall–Kier alpha value is -1.88. The van der Waals surface area contributed by atoms with Crippen molar-refractivity contribution in [2.24, 2.45) is 5.92 Å². The third kappa shape index (κ3) is 2.54. The maximum absolute atomic E-state index is 12.5. The lowest BCUT2D eigenvalue weighted by Gasteiger charge is -2.30. The molecule has 1 saturated heterocycles. The fraction of sp³-hybridized carbons (Fsp3) is 0.467. The number of amides is 2. The second-order valence-corrected chi connectivity index (χ2v) is 5.68. The SMILES string of the molecule is C[C@@H](C(=O)N1C(=O)OCC1(C)C)[C@@H](O)c1ccccc1. The predicted molar refractivity (Wildman–Crippen MR) is 72.8 cm³/mol. The van der Waals surface area contributed by atoms with Gasteiger partial charge in [0.25, 0.3) is 0 Å². The van der Waals surface area contributed by atoms with Gasteiger partial charge in [0.15, 0.2) is 0 Å². The third-order valence-corrected chi connectivity index (χ3v) is 3.56. The number of carbonyl (C=O) groups is 2. The maximum atomic E-state index is 12.5. The summed E-state index contributed by atoms with van der Waals surface area (Å²) in [6.45, 7) is 5.31. The van der Waals surface area contributed by atoms with E-state index >= 15 is 0 Å². The molecule has 1 aromatic rings. The topological polar surface area (TPSA) is 66.8 Å². The van der Waals surface area contributed by atoms with Gasteiger partial charge in [-0.05, 0) is 19.4 Å². The fourth-order valence-electron chi connectivity index (χ4n) is 2.28. The number of nitrogens with zero attached hydrogens (tertiary/aromatic N) is 1. The predicted octanol–water partition coefficient (Wildman–Crippen LogP) is 2.11. The van der Waals surface area contributed by atoms with Gasteiger partial charge < -0.3 is 9.84 Å². The van der Waals surface area contributed by atoms with Gasteiger partial charge in [0.2, 0.25) is 5.91 Å². The molecule has 20 heavy (non-hydrogen) atoms. The summed E-state index contributed by atoms with van der Waals surface area (Å²) in [5.74, 6) is -1.14. The summed E-state index contributed by atoms with van der Waals surface area (Å²) in [4.78, 5) is 25.2. The summed E-state index contributed by atoms with van der Waals surface area (Å²) >= 11 is 0. The van der Waals surface area contributed by atoms with Crippen molar-refractivity contribution in [2.75, 3.05) is 6.61 Å². The number of ether oxygens (including phenoxy) is 1. The molecular weight excluding hydrogens is 258 g/mol. The van der Waals surface area contributed by atoms with E-state index in [1.807, 2.05) is 6.07 Å². The lowest BCUT2D eigenvalue weighted by Crippen LogP contribution is -2.49. The smallest absolute Gasteiger partial charge is 0.417 e. The molecule has 1 heterocycles. The zero-order valence-corrected chi connectivity index (χ0v) is 11.9. The van der Waals surface area contributed by atoms with Crippen molar-refractivity contribution in [3.8, 4) is 0 Å². The molecular formula is C15H19NO4. The summed E-state index contributed by atoms with van der Waals surface area (Å²) in [7, 11) is 0. The van der Waals surface area contributed by atoms with Crippen molar-refractivity contribution in [1.29, 1.82) is 0 Å². The second-order valence-electron chi connectivity index (χ2n) is 5.68. The van der Waals surface area contributed by atoms with Crippen LogP contribution < -0.4 is 0 Å². The highest BCUT2D eigenvalue weighted by atomic mass is 16.6. The van der Waals surface area contributed by atoms with Gasteiger partial charge in [0, 0.05) is 0 Å². The van der Waals surface area contributed by atoms with Gasteiger partial charge in [-0.1, -0.05) is 37.3 Å². The van der Waals surface area contributed by atoms with E-state index in [0.717, 1.165) is 4.90 Å². The van der Waals surface area contributed by atoms with Crippen molar-refractivity contribution in [3.05, 3.63) is 35.9 Å². The van der Waals surface area contributed by atoms with E-state index < -0.39 is 29.6 Å². The van der Waals surface area contributed by atoms with E-state index in [1.54, 1.807) is 45.0 Å². The Morgan fingerprint density at radius 1 is 1.35 bits per heavy atom. The number of benzene rings is 1. The number of cyclic esters (lactones) is 1. The molecule has 1 N–H and O–H groups in total. The molecule has 0 radical (unpaired) electrons. The lowest BCUT2D eigenvalue weighted by molar-refractivity contribution is -0.138. The number of aliphatic hydroxyl groups excluding tert-OH is 1. The van der Waals surface area contributed by atoms with Gasteiger partial charge in [-0.25, -0.2) is 9.69 Å². The largest absolute Gasteiger partial charge is 0.447 e. The van der Waals surface area contributed by atoms with Crippen molar-refractivity contribution < 1.29 is 19.4 Å². The molecule has 2 rings (SSSR count). The number of imide groups is 1. The normalized spacial score (nSPS) is 20.4. The van der Waals surface area contributed by atoms with Crippen LogP contribution in [0.3, 0.4) is 0 Å². The van der Waals surface area contributed by atoms with Crippen LogP contribution in [0.15, 0.2) is 30.3 Å². The standard InChI is InChI=1S/C15H19NO4/c1-10(12(17)11-7-5-4-6-8-11)13(18)16-14(19)20-9-15(16,2)3/h4-8,10,12,17H,9H2,1-3H3/t10-,12-/m1/s1. The molecule has 2 amide bonds. The van der Waals surface area contributed by atoms with E-state index in [1.165, 1.54) is 0 Å². The first-order valence-electron chi connectivity index (χ1n) is 6.58. The summed E-state index contributed by atoms with van der Waals surface area (Å²) < 4.78 is 4.92. The van der Waals surface area contributed by atoms with Crippen LogP contribution in [0.25, 0.3) is 0 Å². The molecule has 0 unspecified atom stereocenters. The highest BCUT2D eigenvalue weighted by Crippen LogP contribution is 2.30. The molecule has 1 aliphatic heterocycles. The summed E-state index contributed by atoms with van der Waals surface area (Å²) in [6.07, 6.45) is -1.60. The van der Waals surface area contributed by atoms with Crippen LogP contribution in [0.1, 0.15) is 32.4 Å². The molecule has 0 aromatic heterocycles. The van der Waals surface area contributed by atoms with Crippen molar-refractivity contribution in [2.45, 2.75) is 32.4 Å². The minimum atomic E-state index is -0.951. The number of aliphatic hydroxyl groups is 1. The van der Waals surface area contributed by atoms with Gasteiger partial charge in [-0.2, -0.15) is 0 Å². The van der Waals surface area contributed by atoms with Crippen molar-refractivity contribution in [3.63, 3.8) is 0 Å². The Kier molecular flexibility index (Phi) is 3.81. The Balaban J connectivity index is 2.19. The molecule has 2 atom stereocenters. The molecule has 0 aliphatic carbocycles. The summed E-state index contributed by atoms with van der Waals surface area (Å²) in [6, 6.07) is 8.93. The Morgan fingerprint density at radius 3 is 2.45 bits per heavy atom. The highest BCUT2D eigenvalue weighted by Gasteiger charge is 2.46. The third-order valence-electron chi connectivity index (χ3n) is 3.56. The van der Waals surface area contributed by atoms with Gasteiger partial charge in [0.05, 0.1) is 17.6 Å². The number of hydrogen-bond donors (Lipinski definition) is 1. The zero-order valence-electron chi connectivity index (χ0n) is 11.9. The van der Waals surface area contributed by atoms with Gasteiger partial charge >= 0.3 is 6.09 Å². The van der Waals surface area contributed by atoms with E-state index in [-0.39, 0.29) is 6.61 Å². The van der Waals surface area contributed by atoms with E-state index in [2.05, 4.69) is 0 Å². The Bertz CT molecular complexity index is 512. The quantitative estimate of drug-likeness (QED) is 0.919. The van der Waals surface area contributed by atoms with Gasteiger partial charge in [-0.15, -0.1) is 0 Å². The van der Waals surface area contributed by atoms with Crippen molar-refractivity contribution >= 4 is 12.0 Å². The molecule has 5 heteroatoms. The minimum Gasteiger partial charge on any atom is -0.447 e. The van der Waals surface area contributed by atoms with Gasteiger partial charge in [0.1, 0.15) is 6.61 Å². The van der Waals surface area contributed by atoms with E-state index in [4.69, 9.17) is 4.74 Å². The van der Waals surface area contributed by atoms with Crippen LogP contribution in [0.2, 0.25) is 0 Å². The monoisotopic (exact) mass is 277 g/mol. The van der Waals surface area contributed by atoms with Gasteiger partial charge in [-0.3, -0.25) is 4.79 Å². The first-order chi connectivity index (χ1) is 9.34. The number of hydrogen-bond acceptors (Lipinski definition) is 4. The van der Waals surface area contributed by atoms with Crippen LogP contribution in [0.5, 0.6) is 0 Å². The second kappa shape index (κ2) is 5.25. The van der Waals surface area contributed by atoms with Crippen LogP contribution in [-0.4, -0.2) is 34.2 Å². The summed E-state index contributed by atoms with van der Waals surface area (Å²) in [5.41, 5.74) is -0.0301. The Labute approximate surface area is 118 Å². The van der Waals surface area contributed by atoms with E-state index in [9.17, 15) is 14.7 Å². The first-order valence-corrected chi connectivity index (χ1v) is 6.58. The average molecular weight is 277 g/mol. The van der Waals surface area contributed by atoms with Crippen LogP contribution >= 0.6 is 0 Å². The molecule has 108 valence electrons. The molecule has 5 nitrogen and oxygen atoms in total. The molecule has 0 bridgehead atoms. The number of carbonyl (C=O) groups excluding carboxylic acids is 2. The highest BCUT2D eigenvalue weighted by molar-refractivity contribution is 5.95. The Morgan fingerprint density at radius 2 is 1.95 bits per heavy atom. The zero-order chi connectivity index (χ0) is 14.9. The summed E-state index contributed by atoms with van der Waals surface area (Å²) in [5, 5.41) is 10.3. The molecule has 0 spiro atoms. The first kappa shape index (κ1) is 14.5. The van der Waals surface area contributed by atoms with Crippen LogP contribution in [0.4, 0.5) is 4.79 Å². The van der Waals surface area contributed by atoms with Crippen LogP contribution in [-0.2, 0) is 9.53 Å². The molecule has 1 aromatic carbocycles. The van der Waals surface area contributed by atoms with Crippen LogP contribution in [0, 0.1) is 5.92 Å². The lowest BCUT2D eigenvalue weighted by atomic mass is 9.94. The van der Waals surface area contributed by atoms with E-state index in [0.29, 0.717) is 5.56 Å². The minimum absolute atomic E-state index is 0.172. The number of rotatable bonds is 3. The maximum Gasteiger partial charge on any atom is 0.417 e. The molecule has 1 fully saturated rings. The fourth-order valence-corrected chi connectivity index (χ4v) is 2.28. The molecule has 1 aliphatic rings. The average Bonchev–Trinajstić information content (AvgIpc) is 2.71.